The van der Waals surface area contributed by atoms with Crippen molar-refractivity contribution in [2.45, 2.75) is 4.90 Å². The predicted octanol–water partition coefficient (Wildman–Crippen LogP) is 2.15. The molecule has 168 valence electrons. The predicted molar refractivity (Wildman–Crippen MR) is 116 cm³/mol. The zero-order chi connectivity index (χ0) is 22.9. The molecule has 4 rings (SSSR count). The number of carbonyl (C=O) groups is 2. The van der Waals surface area contributed by atoms with Crippen LogP contribution in [0.4, 0.5) is 0 Å². The maximum Gasteiger partial charge on any atom is 0.340 e. The van der Waals surface area contributed by atoms with Crippen LogP contribution in [0.5, 0.6) is 5.75 Å². The van der Waals surface area contributed by atoms with Gasteiger partial charge in [-0.2, -0.15) is 4.31 Å². The van der Waals surface area contributed by atoms with E-state index in [2.05, 4.69) is 0 Å². The van der Waals surface area contributed by atoms with Gasteiger partial charge < -0.3 is 14.2 Å². The van der Waals surface area contributed by atoms with Crippen LogP contribution in [0.15, 0.2) is 53.6 Å². The largest absolute Gasteiger partial charge is 0.496 e. The van der Waals surface area contributed by atoms with Gasteiger partial charge in [-0.3, -0.25) is 9.36 Å². The van der Waals surface area contributed by atoms with Gasteiger partial charge in [0.1, 0.15) is 5.75 Å². The third kappa shape index (κ3) is 3.77. The van der Waals surface area contributed by atoms with Gasteiger partial charge in [0, 0.05) is 24.7 Å². The average molecular weight is 458 g/mol. The van der Waals surface area contributed by atoms with Crippen molar-refractivity contribution in [3.05, 3.63) is 59.8 Å². The van der Waals surface area contributed by atoms with Gasteiger partial charge in [0.2, 0.25) is 10.0 Å². The van der Waals surface area contributed by atoms with E-state index in [0.29, 0.717) is 24.1 Å². The first-order chi connectivity index (χ1) is 15.4. The van der Waals surface area contributed by atoms with Gasteiger partial charge in [0.05, 0.1) is 49.0 Å². The molecule has 0 aliphatic carbocycles. The molecule has 0 atom stereocenters. The third-order valence-electron chi connectivity index (χ3n) is 5.35. The van der Waals surface area contributed by atoms with E-state index in [-0.39, 0.29) is 34.9 Å². The molecule has 1 saturated heterocycles. The number of benzene rings is 2. The topological polar surface area (TPSA) is 104 Å². The number of aromatic nitrogens is 1. The van der Waals surface area contributed by atoms with Crippen LogP contribution in [0.3, 0.4) is 0 Å². The number of hydrogen-bond acceptors (Lipinski definition) is 7. The van der Waals surface area contributed by atoms with Crippen LogP contribution >= 0.6 is 0 Å². The highest BCUT2D eigenvalue weighted by molar-refractivity contribution is 7.89. The average Bonchev–Trinajstić information content (AvgIpc) is 3.23. The smallest absolute Gasteiger partial charge is 0.340 e. The summed E-state index contributed by atoms with van der Waals surface area (Å²) in [6.45, 7) is 1.10. The van der Waals surface area contributed by atoms with E-state index in [1.165, 1.54) is 47.5 Å². The molecule has 32 heavy (non-hydrogen) atoms. The monoisotopic (exact) mass is 458 g/mol. The number of nitrogens with zero attached hydrogens (tertiary/aromatic N) is 2. The fourth-order valence-electron chi connectivity index (χ4n) is 3.70. The Kier molecular flexibility index (Phi) is 6.00. The van der Waals surface area contributed by atoms with E-state index in [0.717, 1.165) is 0 Å². The Balaban J connectivity index is 1.82. The normalized spacial score (nSPS) is 14.9. The second-order valence-corrected chi connectivity index (χ2v) is 9.04. The lowest BCUT2D eigenvalue weighted by atomic mass is 10.1. The molecule has 1 aliphatic heterocycles. The summed E-state index contributed by atoms with van der Waals surface area (Å²) < 4.78 is 44.2. The quantitative estimate of drug-likeness (QED) is 0.540. The molecule has 0 unspecified atom stereocenters. The van der Waals surface area contributed by atoms with Crippen molar-refractivity contribution in [3.63, 3.8) is 0 Å². The van der Waals surface area contributed by atoms with Crippen molar-refractivity contribution in [1.82, 2.24) is 8.87 Å². The summed E-state index contributed by atoms with van der Waals surface area (Å²) in [5, 5.41) is 0.545. The molecule has 9 nitrogen and oxygen atoms in total. The van der Waals surface area contributed by atoms with Crippen molar-refractivity contribution in [3.8, 4) is 5.75 Å². The van der Waals surface area contributed by atoms with Crippen LogP contribution in [0.1, 0.15) is 20.7 Å². The van der Waals surface area contributed by atoms with Crippen molar-refractivity contribution >= 4 is 32.8 Å². The lowest BCUT2D eigenvalue weighted by Gasteiger charge is -2.26. The van der Waals surface area contributed by atoms with Crippen LogP contribution < -0.4 is 4.74 Å². The number of ether oxygens (including phenoxy) is 3. The highest BCUT2D eigenvalue weighted by atomic mass is 32.2. The first kappa shape index (κ1) is 22.0. The molecule has 1 aromatic heterocycles. The van der Waals surface area contributed by atoms with Crippen molar-refractivity contribution in [2.24, 2.45) is 0 Å². The van der Waals surface area contributed by atoms with Gasteiger partial charge in [-0.15, -0.1) is 0 Å². The second kappa shape index (κ2) is 8.73. The van der Waals surface area contributed by atoms with Gasteiger partial charge >= 0.3 is 5.97 Å². The number of methoxy groups -OCH3 is 2. The Hall–Kier alpha value is -3.21. The molecule has 0 radical (unpaired) electrons. The lowest BCUT2D eigenvalue weighted by Crippen LogP contribution is -2.40. The van der Waals surface area contributed by atoms with Crippen molar-refractivity contribution in [1.29, 1.82) is 0 Å². The van der Waals surface area contributed by atoms with Gasteiger partial charge in [0.15, 0.2) is 0 Å². The second-order valence-electron chi connectivity index (χ2n) is 7.11. The van der Waals surface area contributed by atoms with Crippen molar-refractivity contribution in [2.75, 3.05) is 40.5 Å². The number of hydrogen-bond donors (Lipinski definition) is 0. The van der Waals surface area contributed by atoms with Crippen LogP contribution in [0.2, 0.25) is 0 Å². The highest BCUT2D eigenvalue weighted by Gasteiger charge is 2.29. The molecule has 2 heterocycles. The maximum absolute atomic E-state index is 13.5. The van der Waals surface area contributed by atoms with E-state index < -0.39 is 21.9 Å². The van der Waals surface area contributed by atoms with E-state index in [4.69, 9.17) is 14.2 Å². The number of carbonyl (C=O) groups excluding carboxylic acids is 2. The summed E-state index contributed by atoms with van der Waals surface area (Å²) in [5.41, 5.74) is 0.771. The standard InChI is InChI=1S/C22H22N2O7S/c1-29-20-8-7-15(32(27,28)23-9-11-31-12-10-23)13-17(20)21(25)24-14-18(22(26)30-2)16-5-3-4-6-19(16)24/h3-8,13-14H,9-12H2,1-2H3. The molecule has 1 aliphatic rings. The summed E-state index contributed by atoms with van der Waals surface area (Å²) in [6.07, 6.45) is 1.39. The first-order valence-electron chi connectivity index (χ1n) is 9.87. The zero-order valence-electron chi connectivity index (χ0n) is 17.6. The SMILES string of the molecule is COC(=O)c1cn(C(=O)c2cc(S(=O)(=O)N3CCOCC3)ccc2OC)c2ccccc12. The number of fused-ring (bicyclic) bond motifs is 1. The maximum atomic E-state index is 13.5. The summed E-state index contributed by atoms with van der Waals surface area (Å²) in [4.78, 5) is 25.7. The zero-order valence-corrected chi connectivity index (χ0v) is 18.4. The molecule has 0 N–H and O–H groups in total. The Bertz CT molecular complexity index is 1290. The molecule has 0 bridgehead atoms. The Labute approximate surface area is 185 Å². The fraction of sp³-hybridized carbons (Fsp3) is 0.273. The highest BCUT2D eigenvalue weighted by Crippen LogP contribution is 2.29. The molecule has 3 aromatic rings. The van der Waals surface area contributed by atoms with Gasteiger partial charge in [-0.05, 0) is 24.3 Å². The fourth-order valence-corrected chi connectivity index (χ4v) is 5.14. The van der Waals surface area contributed by atoms with Crippen molar-refractivity contribution < 1.29 is 32.2 Å². The molecular formula is C22H22N2O7S. The van der Waals surface area contributed by atoms with Crippen LogP contribution in [0, 0.1) is 0 Å². The Morgan fingerprint density at radius 1 is 1.00 bits per heavy atom. The molecule has 0 spiro atoms. The van der Waals surface area contributed by atoms with Gasteiger partial charge in [-0.1, -0.05) is 18.2 Å². The van der Waals surface area contributed by atoms with E-state index >= 15 is 0 Å². The summed E-state index contributed by atoms with van der Waals surface area (Å²) in [6, 6.07) is 11.1. The number of esters is 1. The summed E-state index contributed by atoms with van der Waals surface area (Å²) in [5.74, 6) is -0.899. The Morgan fingerprint density at radius 2 is 1.72 bits per heavy atom. The van der Waals surface area contributed by atoms with Crippen LogP contribution in [-0.4, -0.2) is 69.7 Å². The van der Waals surface area contributed by atoms with E-state index in [1.807, 2.05) is 0 Å². The van der Waals surface area contributed by atoms with Crippen LogP contribution in [0.25, 0.3) is 10.9 Å². The summed E-state index contributed by atoms with van der Waals surface area (Å²) >= 11 is 0. The lowest BCUT2D eigenvalue weighted by molar-refractivity contribution is 0.0603. The molecule has 0 amide bonds. The molecule has 10 heteroatoms. The number of para-hydroxylation sites is 1. The van der Waals surface area contributed by atoms with Crippen LogP contribution in [-0.2, 0) is 19.5 Å². The molecule has 0 saturated carbocycles. The Morgan fingerprint density at radius 3 is 2.41 bits per heavy atom. The molecule has 1 fully saturated rings. The van der Waals surface area contributed by atoms with E-state index in [9.17, 15) is 18.0 Å². The first-order valence-corrected chi connectivity index (χ1v) is 11.3. The van der Waals surface area contributed by atoms with E-state index in [1.54, 1.807) is 24.3 Å². The third-order valence-corrected chi connectivity index (χ3v) is 7.24. The minimum absolute atomic E-state index is 0.0202. The molecular weight excluding hydrogens is 436 g/mol. The minimum atomic E-state index is -3.82. The number of morpholine rings is 1. The molecule has 2 aromatic carbocycles. The number of sulfonamides is 1. The summed E-state index contributed by atoms with van der Waals surface area (Å²) in [7, 11) is -1.16. The minimum Gasteiger partial charge on any atom is -0.496 e. The van der Waals surface area contributed by atoms with Gasteiger partial charge in [0.25, 0.3) is 5.91 Å². The van der Waals surface area contributed by atoms with Gasteiger partial charge in [-0.25, -0.2) is 13.2 Å². The number of rotatable bonds is 5.